The first-order valence-electron chi connectivity index (χ1n) is 7.60. The smallest absolute Gasteiger partial charge is 0.209 e. The third-order valence-corrected chi connectivity index (χ3v) is 3.76. The standard InChI is InChI=1S/C17H16FN5O3/c1-23-15(10-3-2-4-11(18)7-10)22-13-14(19)20-12(21-16(13)23)5-6-17(26,8-24)9-25/h2-4,7,24-26H,8-9H2,1H3,(H2,19,20,21). The number of hydrogen-bond donors (Lipinski definition) is 4. The van der Waals surface area contributed by atoms with Crippen molar-refractivity contribution in [2.75, 3.05) is 18.9 Å². The summed E-state index contributed by atoms with van der Waals surface area (Å²) in [6.45, 7) is -1.49. The molecule has 2 heterocycles. The molecule has 2 aromatic heterocycles. The minimum atomic E-state index is -1.97. The molecule has 0 aliphatic heterocycles. The predicted octanol–water partition coefficient (Wildman–Crippen LogP) is -0.181. The number of imidazole rings is 1. The summed E-state index contributed by atoms with van der Waals surface area (Å²) in [4.78, 5) is 12.6. The molecule has 9 heteroatoms. The number of rotatable bonds is 3. The molecule has 0 atom stereocenters. The van der Waals surface area contributed by atoms with Crippen LogP contribution in [0.25, 0.3) is 22.6 Å². The molecule has 0 amide bonds. The Hall–Kier alpha value is -3.06. The van der Waals surface area contributed by atoms with Crippen LogP contribution in [0.1, 0.15) is 5.82 Å². The predicted molar refractivity (Wildman–Crippen MR) is 92.1 cm³/mol. The van der Waals surface area contributed by atoms with Crippen molar-refractivity contribution in [3.05, 3.63) is 35.9 Å². The zero-order valence-electron chi connectivity index (χ0n) is 13.8. The maximum Gasteiger partial charge on any atom is 0.209 e. The molecule has 26 heavy (non-hydrogen) atoms. The van der Waals surface area contributed by atoms with E-state index in [1.54, 1.807) is 23.7 Å². The third kappa shape index (κ3) is 3.21. The second-order valence-corrected chi connectivity index (χ2v) is 5.71. The highest BCUT2D eigenvalue weighted by Gasteiger charge is 2.22. The molecule has 1 aromatic carbocycles. The summed E-state index contributed by atoms with van der Waals surface area (Å²) >= 11 is 0. The van der Waals surface area contributed by atoms with Gasteiger partial charge in [0, 0.05) is 12.6 Å². The van der Waals surface area contributed by atoms with E-state index >= 15 is 0 Å². The van der Waals surface area contributed by atoms with Gasteiger partial charge < -0.3 is 25.6 Å². The Kier molecular flexibility index (Phi) is 4.56. The average Bonchev–Trinajstić information content (AvgIpc) is 2.97. The Morgan fingerprint density at radius 3 is 2.62 bits per heavy atom. The number of aryl methyl sites for hydroxylation is 1. The summed E-state index contributed by atoms with van der Waals surface area (Å²) < 4.78 is 15.1. The molecule has 3 rings (SSSR count). The number of nitrogens with two attached hydrogens (primary N) is 1. The number of nitrogen functional groups attached to an aromatic ring is 1. The van der Waals surface area contributed by atoms with Crippen LogP contribution in [0.3, 0.4) is 0 Å². The zero-order chi connectivity index (χ0) is 18.9. The van der Waals surface area contributed by atoms with Crippen molar-refractivity contribution in [2.24, 2.45) is 7.05 Å². The lowest BCUT2D eigenvalue weighted by Gasteiger charge is -2.14. The lowest BCUT2D eigenvalue weighted by Crippen LogP contribution is -2.35. The van der Waals surface area contributed by atoms with Crippen molar-refractivity contribution in [3.8, 4) is 23.2 Å². The van der Waals surface area contributed by atoms with E-state index in [0.29, 0.717) is 22.6 Å². The van der Waals surface area contributed by atoms with Crippen LogP contribution in [0.2, 0.25) is 0 Å². The van der Waals surface area contributed by atoms with Crippen LogP contribution >= 0.6 is 0 Å². The van der Waals surface area contributed by atoms with E-state index in [4.69, 9.17) is 15.9 Å². The Morgan fingerprint density at radius 1 is 1.23 bits per heavy atom. The summed E-state index contributed by atoms with van der Waals surface area (Å²) in [5.41, 5.74) is 5.21. The van der Waals surface area contributed by atoms with E-state index in [-0.39, 0.29) is 11.6 Å². The molecule has 5 N–H and O–H groups in total. The van der Waals surface area contributed by atoms with Gasteiger partial charge in [-0.05, 0) is 18.1 Å². The van der Waals surface area contributed by atoms with Crippen molar-refractivity contribution in [1.82, 2.24) is 19.5 Å². The molecule has 0 unspecified atom stereocenters. The van der Waals surface area contributed by atoms with Gasteiger partial charge in [-0.3, -0.25) is 0 Å². The molecule has 0 aliphatic rings. The minimum Gasteiger partial charge on any atom is -0.392 e. The molecule has 134 valence electrons. The molecule has 8 nitrogen and oxygen atoms in total. The second-order valence-electron chi connectivity index (χ2n) is 5.71. The second kappa shape index (κ2) is 6.68. The van der Waals surface area contributed by atoms with Crippen LogP contribution in [-0.2, 0) is 7.05 Å². The van der Waals surface area contributed by atoms with Gasteiger partial charge in [-0.1, -0.05) is 18.1 Å². The molecule has 0 saturated heterocycles. The minimum absolute atomic E-state index is 0.0101. The Bertz CT molecular complexity index is 1030. The van der Waals surface area contributed by atoms with Crippen LogP contribution in [0, 0.1) is 17.7 Å². The largest absolute Gasteiger partial charge is 0.392 e. The fourth-order valence-corrected chi connectivity index (χ4v) is 2.33. The van der Waals surface area contributed by atoms with Crippen LogP contribution in [0.15, 0.2) is 24.3 Å². The van der Waals surface area contributed by atoms with Crippen molar-refractivity contribution < 1.29 is 19.7 Å². The van der Waals surface area contributed by atoms with Gasteiger partial charge in [0.2, 0.25) is 5.82 Å². The van der Waals surface area contributed by atoms with E-state index < -0.39 is 24.6 Å². The van der Waals surface area contributed by atoms with E-state index in [1.165, 1.54) is 12.1 Å². The number of anilines is 1. The molecule has 3 aromatic rings. The maximum absolute atomic E-state index is 13.5. The maximum atomic E-state index is 13.5. The van der Waals surface area contributed by atoms with E-state index in [1.807, 2.05) is 0 Å². The van der Waals surface area contributed by atoms with Gasteiger partial charge in [0.25, 0.3) is 0 Å². The van der Waals surface area contributed by atoms with Crippen molar-refractivity contribution in [2.45, 2.75) is 5.60 Å². The zero-order valence-corrected chi connectivity index (χ0v) is 13.8. The number of aliphatic hydroxyl groups excluding tert-OH is 2. The number of nitrogens with zero attached hydrogens (tertiary/aromatic N) is 4. The molecule has 0 fully saturated rings. The van der Waals surface area contributed by atoms with Gasteiger partial charge in [-0.2, -0.15) is 0 Å². The SMILES string of the molecule is Cn1c(-c2cccc(F)c2)nc2c(N)nc(C#CC(O)(CO)CO)nc21. The van der Waals surface area contributed by atoms with Gasteiger partial charge in [-0.25, -0.2) is 19.3 Å². The van der Waals surface area contributed by atoms with Crippen molar-refractivity contribution >= 4 is 17.0 Å². The van der Waals surface area contributed by atoms with E-state index in [0.717, 1.165) is 0 Å². The normalized spacial score (nSPS) is 11.4. The number of hydrogen-bond acceptors (Lipinski definition) is 7. The van der Waals surface area contributed by atoms with E-state index in [2.05, 4.69) is 26.8 Å². The number of fused-ring (bicyclic) bond motifs is 1. The van der Waals surface area contributed by atoms with Crippen molar-refractivity contribution in [3.63, 3.8) is 0 Å². The summed E-state index contributed by atoms with van der Waals surface area (Å²) in [6.07, 6.45) is 0. The summed E-state index contributed by atoms with van der Waals surface area (Å²) in [5.74, 6) is 4.91. The third-order valence-electron chi connectivity index (χ3n) is 3.76. The molecule has 0 aliphatic carbocycles. The van der Waals surface area contributed by atoms with Crippen LogP contribution in [-0.4, -0.2) is 53.7 Å². The Morgan fingerprint density at radius 2 is 1.96 bits per heavy atom. The number of benzene rings is 1. The molecule has 0 saturated carbocycles. The fraction of sp³-hybridized carbons (Fsp3) is 0.235. The van der Waals surface area contributed by atoms with Crippen LogP contribution in [0.5, 0.6) is 0 Å². The van der Waals surface area contributed by atoms with Gasteiger partial charge in [0.05, 0.1) is 13.2 Å². The average molecular weight is 357 g/mol. The van der Waals surface area contributed by atoms with Gasteiger partial charge in [0.15, 0.2) is 22.6 Å². The van der Waals surface area contributed by atoms with Crippen LogP contribution < -0.4 is 5.73 Å². The Labute approximate surface area is 147 Å². The first-order chi connectivity index (χ1) is 12.4. The topological polar surface area (TPSA) is 130 Å². The first kappa shape index (κ1) is 17.8. The fourth-order valence-electron chi connectivity index (χ4n) is 2.33. The highest BCUT2D eigenvalue weighted by atomic mass is 19.1. The summed E-state index contributed by atoms with van der Waals surface area (Å²) in [7, 11) is 1.69. The number of aliphatic hydroxyl groups is 3. The molecular formula is C17H16FN5O3. The van der Waals surface area contributed by atoms with Gasteiger partial charge in [-0.15, -0.1) is 0 Å². The van der Waals surface area contributed by atoms with Gasteiger partial charge in [0.1, 0.15) is 11.6 Å². The van der Waals surface area contributed by atoms with Crippen LogP contribution in [0.4, 0.5) is 10.2 Å². The number of aromatic nitrogens is 4. The quantitative estimate of drug-likeness (QED) is 0.478. The Balaban J connectivity index is 2.12. The summed E-state index contributed by atoms with van der Waals surface area (Å²) in [5, 5.41) is 27.9. The monoisotopic (exact) mass is 357 g/mol. The lowest BCUT2D eigenvalue weighted by atomic mass is 10.1. The molecule has 0 radical (unpaired) electrons. The highest BCUT2D eigenvalue weighted by Crippen LogP contribution is 2.25. The number of halogens is 1. The van der Waals surface area contributed by atoms with Gasteiger partial charge >= 0.3 is 0 Å². The highest BCUT2D eigenvalue weighted by molar-refractivity contribution is 5.85. The molecular weight excluding hydrogens is 341 g/mol. The first-order valence-corrected chi connectivity index (χ1v) is 7.60. The molecule has 0 bridgehead atoms. The summed E-state index contributed by atoms with van der Waals surface area (Å²) in [6, 6.07) is 5.95. The van der Waals surface area contributed by atoms with E-state index in [9.17, 15) is 9.50 Å². The van der Waals surface area contributed by atoms with Crippen molar-refractivity contribution in [1.29, 1.82) is 0 Å². The lowest BCUT2D eigenvalue weighted by molar-refractivity contribution is -0.00939. The molecule has 0 spiro atoms.